The fourth-order valence-corrected chi connectivity index (χ4v) is 2.71. The SMILES string of the molecule is CC1C(=O)N(C)c2ccc(C3(N=C=O)CC3)cc21. The maximum atomic E-state index is 11.9. The van der Waals surface area contributed by atoms with E-state index in [4.69, 9.17) is 0 Å². The van der Waals surface area contributed by atoms with Gasteiger partial charge in [-0.25, -0.2) is 4.79 Å². The lowest BCUT2D eigenvalue weighted by Crippen LogP contribution is -2.22. The smallest absolute Gasteiger partial charge is 0.235 e. The number of isocyanates is 1. The summed E-state index contributed by atoms with van der Waals surface area (Å²) in [4.78, 5) is 28.0. The van der Waals surface area contributed by atoms with E-state index in [9.17, 15) is 9.59 Å². The number of aliphatic imine (C=N–C) groups is 1. The van der Waals surface area contributed by atoms with Gasteiger partial charge in [-0.1, -0.05) is 12.1 Å². The lowest BCUT2D eigenvalue weighted by molar-refractivity contribution is -0.118. The first-order valence-corrected chi connectivity index (χ1v) is 6.10. The molecule has 0 radical (unpaired) electrons. The molecule has 3 rings (SSSR count). The summed E-state index contributed by atoms with van der Waals surface area (Å²) >= 11 is 0. The minimum atomic E-state index is -0.360. The molecule has 1 aromatic carbocycles. The van der Waals surface area contributed by atoms with Gasteiger partial charge < -0.3 is 4.90 Å². The van der Waals surface area contributed by atoms with Gasteiger partial charge >= 0.3 is 0 Å². The summed E-state index contributed by atoms with van der Waals surface area (Å²) in [5.74, 6) is 0.00634. The molecule has 1 saturated carbocycles. The topological polar surface area (TPSA) is 49.7 Å². The number of benzene rings is 1. The minimum absolute atomic E-state index is 0.110. The van der Waals surface area contributed by atoms with E-state index in [0.717, 1.165) is 29.7 Å². The predicted octanol–water partition coefficient (Wildman–Crippen LogP) is 2.09. The molecule has 4 heteroatoms. The third-order valence-electron chi connectivity index (χ3n) is 4.08. The van der Waals surface area contributed by atoms with E-state index in [1.807, 2.05) is 25.1 Å². The van der Waals surface area contributed by atoms with Crippen LogP contribution < -0.4 is 4.90 Å². The Kier molecular flexibility index (Phi) is 2.19. The second kappa shape index (κ2) is 3.53. The lowest BCUT2D eigenvalue weighted by atomic mass is 9.96. The van der Waals surface area contributed by atoms with Crippen LogP contribution in [0.4, 0.5) is 5.69 Å². The molecular formula is C14H14N2O2. The Morgan fingerprint density at radius 3 is 2.78 bits per heavy atom. The summed E-state index contributed by atoms with van der Waals surface area (Å²) in [6, 6.07) is 5.94. The fraction of sp³-hybridized carbons (Fsp3) is 0.429. The molecule has 4 nitrogen and oxygen atoms in total. The van der Waals surface area contributed by atoms with E-state index in [2.05, 4.69) is 4.99 Å². The predicted molar refractivity (Wildman–Crippen MR) is 67.3 cm³/mol. The Labute approximate surface area is 105 Å². The molecule has 2 aliphatic rings. The highest BCUT2D eigenvalue weighted by Gasteiger charge is 2.46. The van der Waals surface area contributed by atoms with Crippen molar-refractivity contribution < 1.29 is 9.59 Å². The molecule has 1 aromatic rings. The van der Waals surface area contributed by atoms with Crippen LogP contribution in [0.25, 0.3) is 0 Å². The Balaban J connectivity index is 2.08. The van der Waals surface area contributed by atoms with Crippen LogP contribution in [0, 0.1) is 0 Å². The number of hydrogen-bond acceptors (Lipinski definition) is 3. The zero-order valence-corrected chi connectivity index (χ0v) is 10.4. The third-order valence-corrected chi connectivity index (χ3v) is 4.08. The average Bonchev–Trinajstić information content (AvgIpc) is 3.13. The van der Waals surface area contributed by atoms with E-state index in [-0.39, 0.29) is 17.4 Å². The molecule has 1 heterocycles. The van der Waals surface area contributed by atoms with Crippen molar-refractivity contribution in [2.24, 2.45) is 4.99 Å². The molecule has 0 spiro atoms. The van der Waals surface area contributed by atoms with Crippen LogP contribution in [0.3, 0.4) is 0 Å². The highest BCUT2D eigenvalue weighted by atomic mass is 16.2. The molecule has 0 bridgehead atoms. The maximum Gasteiger partial charge on any atom is 0.235 e. The summed E-state index contributed by atoms with van der Waals surface area (Å²) in [5, 5.41) is 0. The molecule has 1 aliphatic carbocycles. The number of likely N-dealkylation sites (N-methyl/N-ethyl adjacent to an activating group) is 1. The highest BCUT2D eigenvalue weighted by molar-refractivity contribution is 6.04. The van der Waals surface area contributed by atoms with E-state index in [1.54, 1.807) is 18.0 Å². The molecule has 18 heavy (non-hydrogen) atoms. The summed E-state index contributed by atoms with van der Waals surface area (Å²) in [5.41, 5.74) is 2.66. The van der Waals surface area contributed by atoms with Crippen LogP contribution in [0.1, 0.15) is 36.8 Å². The van der Waals surface area contributed by atoms with E-state index >= 15 is 0 Å². The van der Waals surface area contributed by atoms with Crippen LogP contribution in [-0.4, -0.2) is 19.0 Å². The van der Waals surface area contributed by atoms with E-state index < -0.39 is 0 Å². The van der Waals surface area contributed by atoms with Crippen molar-refractivity contribution in [2.45, 2.75) is 31.2 Å². The Hall–Kier alpha value is -1.93. The van der Waals surface area contributed by atoms with Gasteiger partial charge in [-0.05, 0) is 37.0 Å². The molecule has 1 amide bonds. The molecule has 1 fully saturated rings. The van der Waals surface area contributed by atoms with Gasteiger partial charge in [0, 0.05) is 12.7 Å². The monoisotopic (exact) mass is 242 g/mol. The van der Waals surface area contributed by atoms with Crippen molar-refractivity contribution in [2.75, 3.05) is 11.9 Å². The van der Waals surface area contributed by atoms with Crippen molar-refractivity contribution in [3.05, 3.63) is 29.3 Å². The molecule has 0 saturated heterocycles. The molecule has 92 valence electrons. The van der Waals surface area contributed by atoms with Crippen LogP contribution >= 0.6 is 0 Å². The molecule has 0 N–H and O–H groups in total. The average molecular weight is 242 g/mol. The van der Waals surface area contributed by atoms with Gasteiger partial charge in [0.1, 0.15) is 0 Å². The molecule has 0 aromatic heterocycles. The number of anilines is 1. The number of fused-ring (bicyclic) bond motifs is 1. The Morgan fingerprint density at radius 2 is 2.17 bits per heavy atom. The minimum Gasteiger partial charge on any atom is -0.315 e. The van der Waals surface area contributed by atoms with Crippen molar-refractivity contribution in [3.63, 3.8) is 0 Å². The zero-order valence-electron chi connectivity index (χ0n) is 10.4. The Bertz CT molecular complexity index is 583. The van der Waals surface area contributed by atoms with Gasteiger partial charge in [0.05, 0.1) is 11.5 Å². The number of nitrogens with zero attached hydrogens (tertiary/aromatic N) is 2. The third kappa shape index (κ3) is 1.36. The first kappa shape index (κ1) is 11.2. The maximum absolute atomic E-state index is 11.9. The summed E-state index contributed by atoms with van der Waals surface area (Å²) in [6.07, 6.45) is 3.44. The van der Waals surface area contributed by atoms with Crippen molar-refractivity contribution >= 4 is 17.7 Å². The first-order chi connectivity index (χ1) is 8.59. The van der Waals surface area contributed by atoms with Crippen LogP contribution in [-0.2, 0) is 15.1 Å². The molecule has 1 unspecified atom stereocenters. The number of amides is 1. The second-order valence-corrected chi connectivity index (χ2v) is 5.13. The lowest BCUT2D eigenvalue weighted by Gasteiger charge is -2.12. The summed E-state index contributed by atoms with van der Waals surface area (Å²) in [6.45, 7) is 1.91. The van der Waals surface area contributed by atoms with Gasteiger partial charge in [-0.2, -0.15) is 4.99 Å². The largest absolute Gasteiger partial charge is 0.315 e. The normalized spacial score (nSPS) is 23.6. The number of carbonyl (C=O) groups is 1. The van der Waals surface area contributed by atoms with Crippen LogP contribution in [0.15, 0.2) is 23.2 Å². The first-order valence-electron chi connectivity index (χ1n) is 6.10. The summed E-state index contributed by atoms with van der Waals surface area (Å²) in [7, 11) is 1.79. The van der Waals surface area contributed by atoms with Crippen LogP contribution in [0.5, 0.6) is 0 Å². The van der Waals surface area contributed by atoms with Crippen molar-refractivity contribution in [1.29, 1.82) is 0 Å². The Morgan fingerprint density at radius 1 is 1.44 bits per heavy atom. The van der Waals surface area contributed by atoms with E-state index in [1.165, 1.54) is 0 Å². The number of carbonyl (C=O) groups excluding carboxylic acids is 2. The number of rotatable bonds is 2. The van der Waals surface area contributed by atoms with Gasteiger partial charge in [-0.3, -0.25) is 4.79 Å². The van der Waals surface area contributed by atoms with Gasteiger partial charge in [-0.15, -0.1) is 0 Å². The van der Waals surface area contributed by atoms with Crippen LogP contribution in [0.2, 0.25) is 0 Å². The van der Waals surface area contributed by atoms with Crippen molar-refractivity contribution in [1.82, 2.24) is 0 Å². The van der Waals surface area contributed by atoms with Gasteiger partial charge in [0.2, 0.25) is 12.0 Å². The standard InChI is InChI=1S/C14H14N2O2/c1-9-11-7-10(14(5-6-14)15-8-17)3-4-12(11)16(2)13(9)18/h3-4,7,9H,5-6H2,1-2H3. The molecule has 1 aliphatic heterocycles. The molecule has 1 atom stereocenters. The highest BCUT2D eigenvalue weighted by Crippen LogP contribution is 2.51. The van der Waals surface area contributed by atoms with Crippen molar-refractivity contribution in [3.8, 4) is 0 Å². The van der Waals surface area contributed by atoms with Gasteiger partial charge in [0.15, 0.2) is 0 Å². The second-order valence-electron chi connectivity index (χ2n) is 5.13. The van der Waals surface area contributed by atoms with E-state index in [0.29, 0.717) is 0 Å². The van der Waals surface area contributed by atoms with Gasteiger partial charge in [0.25, 0.3) is 0 Å². The number of hydrogen-bond donors (Lipinski definition) is 0. The molecular weight excluding hydrogens is 228 g/mol. The fourth-order valence-electron chi connectivity index (χ4n) is 2.71. The summed E-state index contributed by atoms with van der Waals surface area (Å²) < 4.78 is 0. The zero-order chi connectivity index (χ0) is 12.9. The quantitative estimate of drug-likeness (QED) is 0.589.